The first-order valence-electron chi connectivity index (χ1n) is 9.80. The van der Waals surface area contributed by atoms with Gasteiger partial charge >= 0.3 is 0 Å². The summed E-state index contributed by atoms with van der Waals surface area (Å²) in [5.41, 5.74) is 0.945. The van der Waals surface area contributed by atoms with Crippen LogP contribution in [0, 0.1) is 28.6 Å². The Morgan fingerprint density at radius 3 is 2.60 bits per heavy atom. The molecule has 0 bridgehead atoms. The van der Waals surface area contributed by atoms with Gasteiger partial charge in [0.25, 0.3) is 0 Å². The average Bonchev–Trinajstić information content (AvgIpc) is 3.16. The molecule has 4 nitrogen and oxygen atoms in total. The lowest BCUT2D eigenvalue weighted by Gasteiger charge is -2.57. The topological polar surface area (TPSA) is 55.8 Å². The van der Waals surface area contributed by atoms with Crippen LogP contribution in [0.15, 0.2) is 23.8 Å². The van der Waals surface area contributed by atoms with Gasteiger partial charge in [0.2, 0.25) is 0 Å². The second-order valence-corrected chi connectivity index (χ2v) is 9.23. The maximum atomic E-state index is 13.1. The minimum absolute atomic E-state index is 0.0402. The molecule has 2 saturated carbocycles. The summed E-state index contributed by atoms with van der Waals surface area (Å²) in [6.45, 7) is 5.88. The first-order chi connectivity index (χ1) is 11.9. The fraction of sp³-hybridized carbons (Fsp3) is 0.762. The Morgan fingerprint density at radius 2 is 1.84 bits per heavy atom. The second-order valence-electron chi connectivity index (χ2n) is 9.23. The molecule has 1 N–H and O–H groups in total. The summed E-state index contributed by atoms with van der Waals surface area (Å²) in [6, 6.07) is 0. The van der Waals surface area contributed by atoms with Crippen LogP contribution in [0.1, 0.15) is 46.0 Å². The van der Waals surface area contributed by atoms with Crippen LogP contribution in [-0.2, 0) is 14.3 Å². The molecule has 1 spiro atoms. The Balaban J connectivity index is 1.57. The summed E-state index contributed by atoms with van der Waals surface area (Å²) in [4.78, 5) is 13.1. The highest BCUT2D eigenvalue weighted by atomic mass is 16.7. The Hall–Kier alpha value is -0.970. The smallest absolute Gasteiger partial charge is 0.174 e. The zero-order valence-electron chi connectivity index (χ0n) is 15.2. The average molecular weight is 344 g/mol. The maximum Gasteiger partial charge on any atom is 0.174 e. The molecule has 4 heteroatoms. The maximum absolute atomic E-state index is 13.1. The summed E-state index contributed by atoms with van der Waals surface area (Å²) in [5, 5.41) is 10.2. The number of aliphatic hydroxyl groups is 1. The summed E-state index contributed by atoms with van der Waals surface area (Å²) >= 11 is 0. The molecule has 0 aromatic carbocycles. The molecule has 3 fully saturated rings. The number of carbonyl (C=O) groups excluding carboxylic acids is 1. The van der Waals surface area contributed by atoms with Crippen LogP contribution in [0.4, 0.5) is 0 Å². The lowest BCUT2D eigenvalue weighted by Crippen LogP contribution is -2.57. The van der Waals surface area contributed by atoms with Gasteiger partial charge < -0.3 is 14.6 Å². The molecule has 0 aromatic rings. The van der Waals surface area contributed by atoms with E-state index in [4.69, 9.17) is 9.47 Å². The van der Waals surface area contributed by atoms with Crippen LogP contribution >= 0.6 is 0 Å². The molecular weight excluding hydrogens is 316 g/mol. The zero-order chi connectivity index (χ0) is 17.4. The van der Waals surface area contributed by atoms with Crippen LogP contribution in [0.3, 0.4) is 0 Å². The van der Waals surface area contributed by atoms with Gasteiger partial charge in [-0.1, -0.05) is 26.0 Å². The van der Waals surface area contributed by atoms with E-state index < -0.39 is 11.9 Å². The Bertz CT molecular complexity index is 673. The molecule has 1 saturated heterocycles. The summed E-state index contributed by atoms with van der Waals surface area (Å²) in [6.07, 6.45) is 9.96. The van der Waals surface area contributed by atoms with Gasteiger partial charge in [-0.15, -0.1) is 0 Å². The van der Waals surface area contributed by atoms with Crippen molar-refractivity contribution in [3.05, 3.63) is 23.8 Å². The quantitative estimate of drug-likeness (QED) is 0.734. The van der Waals surface area contributed by atoms with Crippen molar-refractivity contribution in [1.29, 1.82) is 0 Å². The lowest BCUT2D eigenvalue weighted by atomic mass is 9.48. The van der Waals surface area contributed by atoms with Crippen molar-refractivity contribution in [2.24, 2.45) is 28.6 Å². The van der Waals surface area contributed by atoms with E-state index in [1.54, 1.807) is 0 Å². The van der Waals surface area contributed by atoms with Gasteiger partial charge in [0.15, 0.2) is 11.6 Å². The first kappa shape index (κ1) is 16.2. The SMILES string of the molecule is C[C@]12C[C@@H](O)C=CC1=CC(=O)[C@@H]1[C@@H]2CC[C@@]2(C)[C@H]1CCC21OCCO1. The van der Waals surface area contributed by atoms with Gasteiger partial charge in [-0.05, 0) is 54.6 Å². The van der Waals surface area contributed by atoms with Crippen molar-refractivity contribution in [3.8, 4) is 0 Å². The molecule has 1 heterocycles. The van der Waals surface area contributed by atoms with Crippen molar-refractivity contribution in [2.45, 2.75) is 57.8 Å². The highest BCUT2D eigenvalue weighted by Gasteiger charge is 2.67. The molecule has 4 aliphatic carbocycles. The van der Waals surface area contributed by atoms with Crippen molar-refractivity contribution in [2.75, 3.05) is 13.2 Å². The molecule has 5 aliphatic rings. The van der Waals surface area contributed by atoms with Crippen molar-refractivity contribution < 1.29 is 19.4 Å². The van der Waals surface area contributed by atoms with Gasteiger partial charge in [0, 0.05) is 17.8 Å². The van der Waals surface area contributed by atoms with Crippen molar-refractivity contribution >= 4 is 5.78 Å². The molecule has 0 unspecified atom stereocenters. The van der Waals surface area contributed by atoms with E-state index in [0.717, 1.165) is 37.7 Å². The third-order valence-corrected chi connectivity index (χ3v) is 8.30. The van der Waals surface area contributed by atoms with Gasteiger partial charge in [-0.2, -0.15) is 0 Å². The summed E-state index contributed by atoms with van der Waals surface area (Å²) < 4.78 is 12.3. The van der Waals surface area contributed by atoms with Crippen LogP contribution in [-0.4, -0.2) is 36.0 Å². The Kier molecular flexibility index (Phi) is 3.28. The van der Waals surface area contributed by atoms with Gasteiger partial charge in [-0.25, -0.2) is 0 Å². The number of allylic oxidation sites excluding steroid dienone is 3. The van der Waals surface area contributed by atoms with E-state index >= 15 is 0 Å². The van der Waals surface area contributed by atoms with E-state index in [9.17, 15) is 9.90 Å². The zero-order valence-corrected chi connectivity index (χ0v) is 15.2. The van der Waals surface area contributed by atoms with Crippen LogP contribution < -0.4 is 0 Å². The lowest BCUT2D eigenvalue weighted by molar-refractivity contribution is -0.240. The minimum atomic E-state index is -0.472. The molecule has 1 aliphatic heterocycles. The number of aliphatic hydroxyl groups excluding tert-OH is 1. The molecule has 5 rings (SSSR count). The van der Waals surface area contributed by atoms with E-state index in [1.807, 2.05) is 18.2 Å². The highest BCUT2D eigenvalue weighted by molar-refractivity contribution is 5.95. The number of hydrogen-bond donors (Lipinski definition) is 1. The van der Waals surface area contributed by atoms with Crippen LogP contribution in [0.25, 0.3) is 0 Å². The van der Waals surface area contributed by atoms with Gasteiger partial charge in [-0.3, -0.25) is 4.79 Å². The third-order valence-electron chi connectivity index (χ3n) is 8.30. The van der Waals surface area contributed by atoms with Crippen LogP contribution in [0.5, 0.6) is 0 Å². The predicted molar refractivity (Wildman–Crippen MR) is 92.6 cm³/mol. The number of ketones is 1. The standard InChI is InChI=1S/C21H28O4/c1-19-12-14(22)4-3-13(19)11-17(23)18-15(19)5-7-20(2)16(18)6-8-21(20)24-9-10-25-21/h3-4,11,14-16,18,22H,5-10,12H2,1-2H3/t14-,15-,16-,18+,19-,20-/m0/s1. The molecule has 0 radical (unpaired) electrons. The Morgan fingerprint density at radius 1 is 1.12 bits per heavy atom. The fourth-order valence-corrected chi connectivity index (χ4v) is 6.99. The highest BCUT2D eigenvalue weighted by Crippen LogP contribution is 2.67. The largest absolute Gasteiger partial charge is 0.389 e. The number of fused-ring (bicyclic) bond motifs is 6. The summed E-state index contributed by atoms with van der Waals surface area (Å²) in [7, 11) is 0. The van der Waals surface area contributed by atoms with E-state index in [-0.39, 0.29) is 22.5 Å². The minimum Gasteiger partial charge on any atom is -0.389 e. The monoisotopic (exact) mass is 344 g/mol. The fourth-order valence-electron chi connectivity index (χ4n) is 6.99. The molecule has 25 heavy (non-hydrogen) atoms. The Labute approximate surface area is 149 Å². The third kappa shape index (κ3) is 1.91. The van der Waals surface area contributed by atoms with Crippen molar-refractivity contribution in [3.63, 3.8) is 0 Å². The van der Waals surface area contributed by atoms with Crippen molar-refractivity contribution in [1.82, 2.24) is 0 Å². The number of ether oxygens (including phenoxy) is 2. The normalized spacial score (nSPS) is 50.4. The van der Waals surface area contributed by atoms with E-state index in [1.165, 1.54) is 0 Å². The van der Waals surface area contributed by atoms with Gasteiger partial charge in [0.05, 0.1) is 19.3 Å². The first-order valence-corrected chi connectivity index (χ1v) is 9.80. The van der Waals surface area contributed by atoms with Gasteiger partial charge in [0.1, 0.15) is 0 Å². The molecule has 6 atom stereocenters. The predicted octanol–water partition coefficient (Wildman–Crippen LogP) is 3.01. The van der Waals surface area contributed by atoms with E-state index in [0.29, 0.717) is 25.0 Å². The molecule has 136 valence electrons. The molecular formula is C21H28O4. The number of rotatable bonds is 0. The van der Waals surface area contributed by atoms with Crippen LogP contribution in [0.2, 0.25) is 0 Å². The number of carbonyl (C=O) groups is 1. The molecule has 0 amide bonds. The van der Waals surface area contributed by atoms with E-state index in [2.05, 4.69) is 13.8 Å². The summed E-state index contributed by atoms with van der Waals surface area (Å²) in [5.74, 6) is 0.478. The molecule has 0 aromatic heterocycles. The second kappa shape index (κ2) is 5.05. The number of hydrogen-bond acceptors (Lipinski definition) is 4.